The molecule has 0 aliphatic carbocycles. The van der Waals surface area contributed by atoms with Crippen LogP contribution in [-0.2, 0) is 32.9 Å². The number of carbonyl (C=O) groups is 3. The first-order chi connectivity index (χ1) is 16.2. The van der Waals surface area contributed by atoms with Crippen molar-refractivity contribution in [3.8, 4) is 5.75 Å². The number of nitrogens with zero attached hydrogens (tertiary/aromatic N) is 1. The van der Waals surface area contributed by atoms with Crippen molar-refractivity contribution in [1.29, 1.82) is 0 Å². The number of nitrogens with one attached hydrogen (secondary N) is 1. The number of ether oxygens (including phenoxy) is 2. The molecule has 2 N–H and O–H groups in total. The Balaban J connectivity index is 1.67. The lowest BCUT2D eigenvalue weighted by atomic mass is 10.1. The molecular formula is C22H27N2O9P. The van der Waals surface area contributed by atoms with Crippen LogP contribution >= 0.6 is 7.75 Å². The molecule has 0 radical (unpaired) electrons. The first-order valence-electron chi connectivity index (χ1n) is 10.6. The standard InChI is InChI=1S/C22H27N2O9P/c1-3-11-30-22(28)15(2)23-34(29,33-17-7-5-4-6-8-17)31-14-19-18(26)13-21(32-19)24-10-9-16(25)12-20(24)27/h3-10,15,18-19,21,26H,1,11-14H2,2H3,(H,23,29)/t15-,18-,19+,21+,34-/m0/s1. The molecule has 2 heterocycles. The number of ketones is 1. The molecule has 1 saturated heterocycles. The Bertz CT molecular complexity index is 984. The van der Waals surface area contributed by atoms with Gasteiger partial charge in [0.15, 0.2) is 5.78 Å². The van der Waals surface area contributed by atoms with Crippen molar-refractivity contribution in [1.82, 2.24) is 9.99 Å². The van der Waals surface area contributed by atoms with Gasteiger partial charge in [-0.25, -0.2) is 4.57 Å². The van der Waals surface area contributed by atoms with Gasteiger partial charge in [0.05, 0.1) is 19.1 Å². The Labute approximate surface area is 196 Å². The highest BCUT2D eigenvalue weighted by atomic mass is 31.2. The predicted molar refractivity (Wildman–Crippen MR) is 119 cm³/mol. The first-order valence-corrected chi connectivity index (χ1v) is 12.2. The molecular weight excluding hydrogens is 467 g/mol. The number of rotatable bonds is 11. The largest absolute Gasteiger partial charge is 0.460 e. The lowest BCUT2D eigenvalue weighted by Gasteiger charge is -2.27. The minimum Gasteiger partial charge on any atom is -0.460 e. The van der Waals surface area contributed by atoms with E-state index in [4.69, 9.17) is 18.5 Å². The molecule has 2 aliphatic heterocycles. The molecule has 1 aromatic rings. The second-order valence-electron chi connectivity index (χ2n) is 7.66. The van der Waals surface area contributed by atoms with Crippen LogP contribution in [0.4, 0.5) is 0 Å². The molecule has 3 rings (SSSR count). The number of allylic oxidation sites excluding steroid dienone is 1. The van der Waals surface area contributed by atoms with E-state index in [0.29, 0.717) is 0 Å². The highest BCUT2D eigenvalue weighted by molar-refractivity contribution is 7.52. The summed E-state index contributed by atoms with van der Waals surface area (Å²) >= 11 is 0. The fourth-order valence-corrected chi connectivity index (χ4v) is 4.78. The van der Waals surface area contributed by atoms with E-state index >= 15 is 0 Å². The summed E-state index contributed by atoms with van der Waals surface area (Å²) in [5, 5.41) is 12.9. The van der Waals surface area contributed by atoms with Crippen molar-refractivity contribution in [2.24, 2.45) is 0 Å². The van der Waals surface area contributed by atoms with Gasteiger partial charge in [0.25, 0.3) is 0 Å². The minimum absolute atomic E-state index is 0.0195. The molecule has 34 heavy (non-hydrogen) atoms. The van der Waals surface area contributed by atoms with E-state index in [9.17, 15) is 24.1 Å². The Morgan fingerprint density at radius 3 is 2.79 bits per heavy atom. The third-order valence-corrected chi connectivity index (χ3v) is 6.62. The van der Waals surface area contributed by atoms with E-state index in [-0.39, 0.29) is 37.6 Å². The third-order valence-electron chi connectivity index (χ3n) is 4.98. The van der Waals surface area contributed by atoms with Crippen molar-refractivity contribution < 1.29 is 42.6 Å². The van der Waals surface area contributed by atoms with Crippen LogP contribution in [0.15, 0.2) is 55.3 Å². The summed E-state index contributed by atoms with van der Waals surface area (Å²) < 4.78 is 35.2. The Morgan fingerprint density at radius 2 is 2.12 bits per heavy atom. The quantitative estimate of drug-likeness (QED) is 0.202. The maximum atomic E-state index is 13.5. The molecule has 1 fully saturated rings. The zero-order valence-corrected chi connectivity index (χ0v) is 19.5. The maximum Gasteiger partial charge on any atom is 0.459 e. The fourth-order valence-electron chi connectivity index (χ4n) is 3.28. The number of amides is 1. The van der Waals surface area contributed by atoms with Gasteiger partial charge >= 0.3 is 13.7 Å². The zero-order chi connectivity index (χ0) is 24.7. The lowest BCUT2D eigenvalue weighted by molar-refractivity contribution is -0.144. The molecule has 1 amide bonds. The number of benzene rings is 1. The van der Waals surface area contributed by atoms with Crippen LogP contribution in [0.25, 0.3) is 0 Å². The summed E-state index contributed by atoms with van der Waals surface area (Å²) in [5.74, 6) is -1.23. The SMILES string of the molecule is C=CCOC(=O)[C@H](C)N[P@](=O)(OC[C@H]1O[C@@H](N2C=CC(=O)CC2=O)C[C@@H]1O)Oc1ccccc1. The van der Waals surface area contributed by atoms with E-state index in [1.807, 2.05) is 0 Å². The number of hydrogen-bond acceptors (Lipinski definition) is 9. The fraction of sp³-hybridized carbons (Fsp3) is 0.409. The number of esters is 1. The highest BCUT2D eigenvalue weighted by Gasteiger charge is 2.41. The van der Waals surface area contributed by atoms with Crippen molar-refractivity contribution >= 4 is 25.4 Å². The predicted octanol–water partition coefficient (Wildman–Crippen LogP) is 1.69. The summed E-state index contributed by atoms with van der Waals surface area (Å²) in [7, 11) is -4.14. The summed E-state index contributed by atoms with van der Waals surface area (Å²) in [4.78, 5) is 36.9. The smallest absolute Gasteiger partial charge is 0.459 e. The van der Waals surface area contributed by atoms with Crippen molar-refractivity contribution in [3.05, 3.63) is 55.3 Å². The van der Waals surface area contributed by atoms with Gasteiger partial charge in [0, 0.05) is 12.6 Å². The van der Waals surface area contributed by atoms with Gasteiger partial charge in [0.2, 0.25) is 5.91 Å². The number of hydrogen-bond donors (Lipinski definition) is 2. The number of aliphatic hydroxyl groups is 1. The summed E-state index contributed by atoms with van der Waals surface area (Å²) in [6.07, 6.45) is 0.975. The molecule has 0 unspecified atom stereocenters. The number of para-hydroxylation sites is 1. The van der Waals surface area contributed by atoms with Gasteiger partial charge in [-0.1, -0.05) is 30.9 Å². The molecule has 184 valence electrons. The molecule has 0 spiro atoms. The maximum absolute atomic E-state index is 13.5. The molecule has 0 saturated carbocycles. The second-order valence-corrected chi connectivity index (χ2v) is 9.35. The number of carbonyl (C=O) groups excluding carboxylic acids is 3. The van der Waals surface area contributed by atoms with Crippen LogP contribution in [0, 0.1) is 0 Å². The molecule has 2 aliphatic rings. The summed E-state index contributed by atoms with van der Waals surface area (Å²) in [5.41, 5.74) is 0. The number of aliphatic hydroxyl groups excluding tert-OH is 1. The normalized spacial score (nSPS) is 25.0. The second kappa shape index (κ2) is 11.5. The first kappa shape index (κ1) is 25.8. The van der Waals surface area contributed by atoms with Crippen LogP contribution in [0.3, 0.4) is 0 Å². The third kappa shape index (κ3) is 6.85. The topological polar surface area (TPSA) is 141 Å². The van der Waals surface area contributed by atoms with E-state index in [2.05, 4.69) is 11.7 Å². The van der Waals surface area contributed by atoms with Gasteiger partial charge in [-0.2, -0.15) is 5.09 Å². The Kier molecular flexibility index (Phi) is 8.76. The molecule has 0 aromatic heterocycles. The van der Waals surface area contributed by atoms with Gasteiger partial charge < -0.3 is 19.1 Å². The van der Waals surface area contributed by atoms with Crippen molar-refractivity contribution in [3.63, 3.8) is 0 Å². The van der Waals surface area contributed by atoms with Crippen molar-refractivity contribution in [2.45, 2.75) is 44.2 Å². The molecule has 1 aromatic carbocycles. The van der Waals surface area contributed by atoms with Gasteiger partial charge in [0.1, 0.15) is 30.7 Å². The monoisotopic (exact) mass is 494 g/mol. The van der Waals surface area contributed by atoms with E-state index in [1.54, 1.807) is 30.3 Å². The highest BCUT2D eigenvalue weighted by Crippen LogP contribution is 2.45. The zero-order valence-electron chi connectivity index (χ0n) is 18.6. The van der Waals surface area contributed by atoms with Gasteiger partial charge in [-0.15, -0.1) is 0 Å². The van der Waals surface area contributed by atoms with Crippen LogP contribution in [0.2, 0.25) is 0 Å². The minimum atomic E-state index is -4.14. The summed E-state index contributed by atoms with van der Waals surface area (Å²) in [6, 6.07) is 7.16. The van der Waals surface area contributed by atoms with Crippen LogP contribution in [-0.4, -0.2) is 65.4 Å². The molecule has 0 bridgehead atoms. The molecule has 12 heteroatoms. The van der Waals surface area contributed by atoms with E-state index in [1.165, 1.54) is 30.2 Å². The van der Waals surface area contributed by atoms with E-state index < -0.39 is 44.1 Å². The van der Waals surface area contributed by atoms with Gasteiger partial charge in [-0.3, -0.25) is 23.8 Å². The lowest BCUT2D eigenvalue weighted by Crippen LogP contribution is -2.39. The van der Waals surface area contributed by atoms with Crippen LogP contribution < -0.4 is 9.61 Å². The average molecular weight is 494 g/mol. The van der Waals surface area contributed by atoms with Crippen molar-refractivity contribution in [2.75, 3.05) is 13.2 Å². The summed E-state index contributed by atoms with van der Waals surface area (Å²) in [6.45, 7) is 4.51. The molecule has 11 nitrogen and oxygen atoms in total. The Morgan fingerprint density at radius 1 is 1.38 bits per heavy atom. The van der Waals surface area contributed by atoms with Gasteiger partial charge in [-0.05, 0) is 25.1 Å². The Hall–Kier alpha value is -2.82. The van der Waals surface area contributed by atoms with Crippen LogP contribution in [0.5, 0.6) is 5.75 Å². The van der Waals surface area contributed by atoms with Crippen LogP contribution in [0.1, 0.15) is 19.8 Å². The van der Waals surface area contributed by atoms with E-state index in [0.717, 1.165) is 0 Å². The molecule has 5 atom stereocenters. The average Bonchev–Trinajstić information content (AvgIpc) is 3.16.